The van der Waals surface area contributed by atoms with Crippen LogP contribution in [0.15, 0.2) is 6.07 Å². The molecule has 0 aliphatic heterocycles. The molecular formula is C10H16ClN3O. The molecule has 1 atom stereocenters. The molecule has 1 aromatic rings. The number of hydrogen-bond acceptors (Lipinski definition) is 4. The van der Waals surface area contributed by atoms with Crippen LogP contribution in [-0.2, 0) is 4.74 Å². The Morgan fingerprint density at radius 3 is 2.87 bits per heavy atom. The molecule has 0 bridgehead atoms. The topological polar surface area (TPSA) is 47.0 Å². The minimum Gasteiger partial charge on any atom is -0.384 e. The molecule has 1 heterocycles. The average molecular weight is 230 g/mol. The fourth-order valence-corrected chi connectivity index (χ4v) is 1.47. The summed E-state index contributed by atoms with van der Waals surface area (Å²) in [6.45, 7) is 5.52. The number of nitrogens with one attached hydrogen (secondary N) is 1. The molecule has 0 fully saturated rings. The second-order valence-corrected chi connectivity index (χ2v) is 3.94. The van der Waals surface area contributed by atoms with Gasteiger partial charge in [-0.2, -0.15) is 0 Å². The van der Waals surface area contributed by atoms with Crippen molar-refractivity contribution < 1.29 is 4.74 Å². The maximum Gasteiger partial charge on any atom is 0.224 e. The molecule has 1 N–H and O–H groups in total. The number of hydrogen-bond donors (Lipinski definition) is 1. The molecule has 4 nitrogen and oxygen atoms in total. The van der Waals surface area contributed by atoms with Crippen molar-refractivity contribution in [2.24, 2.45) is 5.92 Å². The highest BCUT2D eigenvalue weighted by Gasteiger charge is 2.03. The van der Waals surface area contributed by atoms with Crippen molar-refractivity contribution in [2.45, 2.75) is 13.8 Å². The molecule has 1 rings (SSSR count). The monoisotopic (exact) mass is 229 g/mol. The van der Waals surface area contributed by atoms with Gasteiger partial charge in [0.25, 0.3) is 0 Å². The first-order valence-corrected chi connectivity index (χ1v) is 5.23. The van der Waals surface area contributed by atoms with Gasteiger partial charge in [-0.15, -0.1) is 0 Å². The summed E-state index contributed by atoms with van der Waals surface area (Å²) in [5.74, 6) is 1.19. The van der Waals surface area contributed by atoms with Crippen LogP contribution in [0.5, 0.6) is 0 Å². The number of methoxy groups -OCH3 is 1. The predicted octanol–water partition coefficient (Wildman–Crippen LogP) is 2.13. The van der Waals surface area contributed by atoms with E-state index < -0.39 is 0 Å². The third-order valence-corrected chi connectivity index (χ3v) is 2.08. The highest BCUT2D eigenvalue weighted by Crippen LogP contribution is 2.10. The molecule has 0 aliphatic carbocycles. The molecule has 0 saturated heterocycles. The van der Waals surface area contributed by atoms with Crippen LogP contribution in [-0.4, -0.2) is 30.2 Å². The Morgan fingerprint density at radius 2 is 2.27 bits per heavy atom. The summed E-state index contributed by atoms with van der Waals surface area (Å²) in [4.78, 5) is 8.06. The van der Waals surface area contributed by atoms with E-state index in [9.17, 15) is 0 Å². The number of nitrogens with zero attached hydrogens (tertiary/aromatic N) is 2. The maximum absolute atomic E-state index is 5.74. The summed E-state index contributed by atoms with van der Waals surface area (Å²) in [5, 5.41) is 3.47. The first kappa shape index (κ1) is 12.2. The highest BCUT2D eigenvalue weighted by molar-refractivity contribution is 6.28. The SMILES string of the molecule is COCC(C)CNc1cc(C)nc(Cl)n1. The van der Waals surface area contributed by atoms with E-state index in [0.29, 0.717) is 5.92 Å². The van der Waals surface area contributed by atoms with E-state index in [1.807, 2.05) is 13.0 Å². The van der Waals surface area contributed by atoms with E-state index in [1.54, 1.807) is 7.11 Å². The summed E-state index contributed by atoms with van der Waals surface area (Å²) in [5.41, 5.74) is 0.858. The van der Waals surface area contributed by atoms with Crippen molar-refractivity contribution in [2.75, 3.05) is 25.6 Å². The van der Waals surface area contributed by atoms with E-state index in [4.69, 9.17) is 16.3 Å². The van der Waals surface area contributed by atoms with Crippen LogP contribution in [0, 0.1) is 12.8 Å². The smallest absolute Gasteiger partial charge is 0.224 e. The number of aromatic nitrogens is 2. The standard InChI is InChI=1S/C10H16ClN3O/c1-7(6-15-3)5-12-9-4-8(2)13-10(11)14-9/h4,7H,5-6H2,1-3H3,(H,12,13,14). The number of anilines is 1. The zero-order valence-corrected chi connectivity index (χ0v) is 10.0. The van der Waals surface area contributed by atoms with Crippen LogP contribution in [0.25, 0.3) is 0 Å². The molecule has 0 spiro atoms. The molecule has 0 amide bonds. The number of ether oxygens (including phenoxy) is 1. The third kappa shape index (κ3) is 4.44. The molecule has 0 aromatic carbocycles. The third-order valence-electron chi connectivity index (χ3n) is 1.91. The van der Waals surface area contributed by atoms with E-state index in [-0.39, 0.29) is 5.28 Å². The zero-order valence-electron chi connectivity index (χ0n) is 9.25. The molecule has 0 radical (unpaired) electrons. The number of halogens is 1. The normalized spacial score (nSPS) is 12.5. The Hall–Kier alpha value is -0.870. The van der Waals surface area contributed by atoms with Gasteiger partial charge in [0.2, 0.25) is 5.28 Å². The van der Waals surface area contributed by atoms with Crippen LogP contribution < -0.4 is 5.32 Å². The quantitative estimate of drug-likeness (QED) is 0.786. The minimum atomic E-state index is 0.275. The summed E-state index contributed by atoms with van der Waals surface area (Å²) in [6.07, 6.45) is 0. The largest absolute Gasteiger partial charge is 0.384 e. The molecular weight excluding hydrogens is 214 g/mol. The summed E-state index contributed by atoms with van der Waals surface area (Å²) in [7, 11) is 1.70. The van der Waals surface area contributed by atoms with Crippen LogP contribution in [0.1, 0.15) is 12.6 Å². The van der Waals surface area contributed by atoms with Crippen molar-refractivity contribution >= 4 is 17.4 Å². The molecule has 15 heavy (non-hydrogen) atoms. The van der Waals surface area contributed by atoms with E-state index in [1.165, 1.54) is 0 Å². The first-order valence-electron chi connectivity index (χ1n) is 4.86. The van der Waals surface area contributed by atoms with Crippen LogP contribution in [0.2, 0.25) is 5.28 Å². The van der Waals surface area contributed by atoms with Crippen LogP contribution >= 0.6 is 11.6 Å². The van der Waals surface area contributed by atoms with Gasteiger partial charge in [-0.3, -0.25) is 0 Å². The van der Waals surface area contributed by atoms with Gasteiger partial charge >= 0.3 is 0 Å². The van der Waals surface area contributed by atoms with Crippen molar-refractivity contribution in [3.05, 3.63) is 17.0 Å². The summed E-state index contributed by atoms with van der Waals surface area (Å²) in [6, 6.07) is 1.87. The Kier molecular flexibility index (Phi) is 4.78. The Labute approximate surface area is 95.0 Å². The van der Waals surface area contributed by atoms with Crippen molar-refractivity contribution in [3.63, 3.8) is 0 Å². The molecule has 5 heteroatoms. The predicted molar refractivity (Wildman–Crippen MR) is 61.3 cm³/mol. The Bertz CT molecular complexity index is 299. The van der Waals surface area contributed by atoms with Crippen molar-refractivity contribution in [3.8, 4) is 0 Å². The van der Waals surface area contributed by atoms with E-state index >= 15 is 0 Å². The van der Waals surface area contributed by atoms with Gasteiger partial charge in [0.1, 0.15) is 5.82 Å². The van der Waals surface area contributed by atoms with Gasteiger partial charge in [0, 0.05) is 25.4 Å². The lowest BCUT2D eigenvalue weighted by molar-refractivity contribution is 0.164. The fraction of sp³-hybridized carbons (Fsp3) is 0.600. The number of aryl methyl sites for hydroxylation is 1. The first-order chi connectivity index (χ1) is 7.11. The Balaban J connectivity index is 2.50. The van der Waals surface area contributed by atoms with Crippen LogP contribution in [0.4, 0.5) is 5.82 Å². The van der Waals surface area contributed by atoms with Gasteiger partial charge < -0.3 is 10.1 Å². The van der Waals surface area contributed by atoms with Gasteiger partial charge in [-0.05, 0) is 24.4 Å². The molecule has 84 valence electrons. The van der Waals surface area contributed by atoms with Gasteiger partial charge in [-0.1, -0.05) is 6.92 Å². The average Bonchev–Trinajstić information content (AvgIpc) is 2.14. The number of rotatable bonds is 5. The molecule has 1 aromatic heterocycles. The summed E-state index contributed by atoms with van der Waals surface area (Å²) >= 11 is 5.74. The van der Waals surface area contributed by atoms with Gasteiger partial charge in [0.15, 0.2) is 0 Å². The second-order valence-electron chi connectivity index (χ2n) is 3.61. The molecule has 0 aliphatic rings. The van der Waals surface area contributed by atoms with E-state index in [2.05, 4.69) is 22.2 Å². The molecule has 1 unspecified atom stereocenters. The Morgan fingerprint density at radius 1 is 1.53 bits per heavy atom. The maximum atomic E-state index is 5.74. The van der Waals surface area contributed by atoms with Crippen LogP contribution in [0.3, 0.4) is 0 Å². The fourth-order valence-electron chi connectivity index (χ4n) is 1.25. The van der Waals surface area contributed by atoms with Gasteiger partial charge in [-0.25, -0.2) is 9.97 Å². The lowest BCUT2D eigenvalue weighted by atomic mass is 10.2. The second kappa shape index (κ2) is 5.88. The lowest BCUT2D eigenvalue weighted by Crippen LogP contribution is -2.16. The summed E-state index contributed by atoms with van der Waals surface area (Å²) < 4.78 is 5.04. The zero-order chi connectivity index (χ0) is 11.3. The van der Waals surface area contributed by atoms with E-state index in [0.717, 1.165) is 24.7 Å². The van der Waals surface area contributed by atoms with Crippen molar-refractivity contribution in [1.29, 1.82) is 0 Å². The lowest BCUT2D eigenvalue weighted by Gasteiger charge is -2.12. The van der Waals surface area contributed by atoms with Gasteiger partial charge in [0.05, 0.1) is 6.61 Å². The minimum absolute atomic E-state index is 0.275. The van der Waals surface area contributed by atoms with Crippen molar-refractivity contribution in [1.82, 2.24) is 9.97 Å². The highest BCUT2D eigenvalue weighted by atomic mass is 35.5. The molecule has 0 saturated carbocycles.